The van der Waals surface area contributed by atoms with Gasteiger partial charge in [0.2, 0.25) is 15.3 Å². The summed E-state index contributed by atoms with van der Waals surface area (Å²) in [5.74, 6) is -0.0168. The van der Waals surface area contributed by atoms with Crippen molar-refractivity contribution < 1.29 is 12.8 Å². The third-order valence-corrected chi connectivity index (χ3v) is 8.27. The molecule has 0 N–H and O–H groups in total. The number of nitrogens with zero attached hydrogens (tertiary/aromatic N) is 2. The summed E-state index contributed by atoms with van der Waals surface area (Å²) < 4.78 is 43.8. The van der Waals surface area contributed by atoms with E-state index in [-0.39, 0.29) is 15.2 Å². The van der Waals surface area contributed by atoms with Gasteiger partial charge in [-0.2, -0.15) is 0 Å². The summed E-state index contributed by atoms with van der Waals surface area (Å²) in [5, 5.41) is 0.0982. The Balaban J connectivity index is 1.90. The van der Waals surface area contributed by atoms with Crippen LogP contribution in [0.2, 0.25) is 0 Å². The predicted molar refractivity (Wildman–Crippen MR) is 130 cm³/mol. The number of aromatic nitrogens is 1. The normalized spacial score (nSPS) is 17.0. The van der Waals surface area contributed by atoms with Crippen molar-refractivity contribution in [3.8, 4) is 0 Å². The fourth-order valence-electron chi connectivity index (χ4n) is 4.67. The van der Waals surface area contributed by atoms with E-state index in [1.54, 1.807) is 22.8 Å². The summed E-state index contributed by atoms with van der Waals surface area (Å²) in [5.41, 5.74) is 1.40. The van der Waals surface area contributed by atoms with Crippen LogP contribution >= 0.6 is 0 Å². The minimum Gasteiger partial charge on any atom is -0.369 e. The molecule has 176 valence electrons. The first kappa shape index (κ1) is 23.5. The first-order valence-corrected chi connectivity index (χ1v) is 13.2. The number of hydrogen-bond donors (Lipinski definition) is 0. The van der Waals surface area contributed by atoms with E-state index in [2.05, 4.69) is 6.92 Å². The average molecular weight is 471 g/mol. The van der Waals surface area contributed by atoms with Gasteiger partial charge in [0, 0.05) is 25.8 Å². The molecule has 0 bridgehead atoms. The van der Waals surface area contributed by atoms with Gasteiger partial charge in [0.1, 0.15) is 10.7 Å². The van der Waals surface area contributed by atoms with E-state index in [9.17, 15) is 13.2 Å². The fraction of sp³-hybridized carbons (Fsp3) is 0.423. The first-order chi connectivity index (χ1) is 15.8. The number of benzene rings is 2. The van der Waals surface area contributed by atoms with Crippen molar-refractivity contribution in [1.29, 1.82) is 0 Å². The maximum atomic E-state index is 15.2. The summed E-state index contributed by atoms with van der Waals surface area (Å²) in [6.45, 7) is 8.19. The van der Waals surface area contributed by atoms with Crippen LogP contribution < -0.4 is 10.3 Å². The lowest BCUT2D eigenvalue weighted by Gasteiger charge is -2.33. The highest BCUT2D eigenvalue weighted by atomic mass is 32.2. The molecule has 4 rings (SSSR count). The van der Waals surface area contributed by atoms with E-state index in [1.165, 1.54) is 24.4 Å². The number of halogens is 1. The van der Waals surface area contributed by atoms with Gasteiger partial charge in [-0.1, -0.05) is 32.9 Å². The van der Waals surface area contributed by atoms with Crippen LogP contribution in [0.25, 0.3) is 10.9 Å². The molecule has 7 heteroatoms. The summed E-state index contributed by atoms with van der Waals surface area (Å²) in [6, 6.07) is 9.50. The van der Waals surface area contributed by atoms with Crippen molar-refractivity contribution in [1.82, 2.24) is 4.57 Å². The molecule has 2 heterocycles. The van der Waals surface area contributed by atoms with Crippen LogP contribution in [0.4, 0.5) is 10.1 Å². The van der Waals surface area contributed by atoms with Crippen LogP contribution in [0.15, 0.2) is 57.2 Å². The molecule has 1 aliphatic rings. The lowest BCUT2D eigenvalue weighted by Crippen LogP contribution is -2.35. The molecule has 1 atom stereocenters. The van der Waals surface area contributed by atoms with Gasteiger partial charge in [-0.25, -0.2) is 12.8 Å². The van der Waals surface area contributed by atoms with Gasteiger partial charge in [0.15, 0.2) is 0 Å². The Hall–Kier alpha value is -2.67. The zero-order valence-corrected chi connectivity index (χ0v) is 20.3. The van der Waals surface area contributed by atoms with E-state index in [4.69, 9.17) is 0 Å². The SMILES string of the molecule is CCCn1cc(S(=O)(=O)c2ccc(CC)cc2)c(=O)c2cc(F)c(N3CCC[C@@H](C)C3)cc21. The molecular formula is C26H31FN2O3S. The topological polar surface area (TPSA) is 59.4 Å². The van der Waals surface area contributed by atoms with Gasteiger partial charge < -0.3 is 9.47 Å². The molecule has 0 aliphatic carbocycles. The minimum absolute atomic E-state index is 0.0681. The third kappa shape index (κ3) is 4.43. The quantitative estimate of drug-likeness (QED) is 0.498. The number of fused-ring (bicyclic) bond motifs is 1. The second-order valence-corrected chi connectivity index (χ2v) is 10.9. The van der Waals surface area contributed by atoms with Gasteiger partial charge >= 0.3 is 0 Å². The first-order valence-electron chi connectivity index (χ1n) is 11.7. The van der Waals surface area contributed by atoms with Crippen molar-refractivity contribution in [2.24, 2.45) is 5.92 Å². The van der Waals surface area contributed by atoms with Crippen molar-refractivity contribution in [2.45, 2.75) is 62.8 Å². The van der Waals surface area contributed by atoms with Gasteiger partial charge in [-0.3, -0.25) is 4.79 Å². The van der Waals surface area contributed by atoms with Gasteiger partial charge in [0.05, 0.1) is 21.5 Å². The Labute approximate surface area is 194 Å². The molecule has 1 fully saturated rings. The summed E-state index contributed by atoms with van der Waals surface area (Å²) in [7, 11) is -4.04. The Morgan fingerprint density at radius 1 is 1.12 bits per heavy atom. The summed E-state index contributed by atoms with van der Waals surface area (Å²) in [4.78, 5) is 15.1. The number of aryl methyl sites for hydroxylation is 2. The lowest BCUT2D eigenvalue weighted by molar-refractivity contribution is 0.442. The van der Waals surface area contributed by atoms with Crippen molar-refractivity contribution in [3.05, 3.63) is 64.2 Å². The molecule has 0 amide bonds. The highest BCUT2D eigenvalue weighted by molar-refractivity contribution is 7.91. The van der Waals surface area contributed by atoms with Crippen LogP contribution in [0, 0.1) is 11.7 Å². The Morgan fingerprint density at radius 3 is 2.48 bits per heavy atom. The molecular weight excluding hydrogens is 439 g/mol. The monoisotopic (exact) mass is 470 g/mol. The smallest absolute Gasteiger partial charge is 0.211 e. The molecule has 0 saturated carbocycles. The number of pyridine rings is 1. The fourth-order valence-corrected chi connectivity index (χ4v) is 6.04. The maximum absolute atomic E-state index is 15.2. The van der Waals surface area contributed by atoms with E-state index in [0.29, 0.717) is 23.7 Å². The number of hydrogen-bond acceptors (Lipinski definition) is 4. The van der Waals surface area contributed by atoms with Gasteiger partial charge in [-0.05, 0) is 61.4 Å². The molecule has 0 spiro atoms. The zero-order valence-electron chi connectivity index (χ0n) is 19.5. The van der Waals surface area contributed by atoms with Crippen molar-refractivity contribution >= 4 is 26.4 Å². The largest absolute Gasteiger partial charge is 0.369 e. The Bertz CT molecular complexity index is 1330. The van der Waals surface area contributed by atoms with Crippen LogP contribution in [-0.2, 0) is 22.8 Å². The number of rotatable bonds is 6. The Kier molecular flexibility index (Phi) is 6.61. The molecule has 2 aromatic carbocycles. The van der Waals surface area contributed by atoms with E-state index in [1.807, 2.05) is 18.7 Å². The maximum Gasteiger partial charge on any atom is 0.211 e. The number of sulfone groups is 1. The minimum atomic E-state index is -4.04. The molecule has 33 heavy (non-hydrogen) atoms. The molecule has 0 radical (unpaired) electrons. The highest BCUT2D eigenvalue weighted by Gasteiger charge is 2.26. The average Bonchev–Trinajstić information content (AvgIpc) is 2.80. The molecule has 1 aliphatic heterocycles. The predicted octanol–water partition coefficient (Wildman–Crippen LogP) is 5.18. The number of anilines is 1. The third-order valence-electron chi connectivity index (χ3n) is 6.51. The number of piperidine rings is 1. The molecule has 3 aromatic rings. The second kappa shape index (κ2) is 9.29. The van der Waals surface area contributed by atoms with Crippen LogP contribution in [0.1, 0.15) is 45.6 Å². The van der Waals surface area contributed by atoms with E-state index < -0.39 is 21.1 Å². The molecule has 1 aromatic heterocycles. The van der Waals surface area contributed by atoms with Crippen molar-refractivity contribution in [3.63, 3.8) is 0 Å². The van der Waals surface area contributed by atoms with Crippen molar-refractivity contribution in [2.75, 3.05) is 18.0 Å². The summed E-state index contributed by atoms with van der Waals surface area (Å²) >= 11 is 0. The van der Waals surface area contributed by atoms with E-state index in [0.717, 1.165) is 44.3 Å². The standard InChI is InChI=1S/C26H31FN2O3S/c1-4-12-28-17-25(33(31,32)20-10-8-19(5-2)9-11-20)26(30)21-14-22(27)24(15-23(21)28)29-13-6-7-18(3)16-29/h8-11,14-15,17-18H,4-7,12-13,16H2,1-3H3/t18-/m1/s1. The molecule has 1 saturated heterocycles. The van der Waals surface area contributed by atoms with Crippen LogP contribution in [0.5, 0.6) is 0 Å². The highest BCUT2D eigenvalue weighted by Crippen LogP contribution is 2.30. The summed E-state index contributed by atoms with van der Waals surface area (Å²) in [6.07, 6.45) is 5.08. The van der Waals surface area contributed by atoms with Gasteiger partial charge in [0.25, 0.3) is 0 Å². The molecule has 0 unspecified atom stereocenters. The van der Waals surface area contributed by atoms with Crippen LogP contribution in [0.3, 0.4) is 0 Å². The second-order valence-electron chi connectivity index (χ2n) is 9.03. The van der Waals surface area contributed by atoms with E-state index >= 15 is 4.39 Å². The lowest BCUT2D eigenvalue weighted by atomic mass is 9.99. The zero-order chi connectivity index (χ0) is 23.8. The molecule has 5 nitrogen and oxygen atoms in total. The van der Waals surface area contributed by atoms with Gasteiger partial charge in [-0.15, -0.1) is 0 Å². The Morgan fingerprint density at radius 2 is 1.85 bits per heavy atom. The van der Waals surface area contributed by atoms with Crippen LogP contribution in [-0.4, -0.2) is 26.1 Å².